The first-order valence-corrected chi connectivity index (χ1v) is 9.18. The summed E-state index contributed by atoms with van der Waals surface area (Å²) >= 11 is 1.25. The van der Waals surface area contributed by atoms with Crippen molar-refractivity contribution in [2.24, 2.45) is 0 Å². The fourth-order valence-electron chi connectivity index (χ4n) is 2.42. The molecule has 0 radical (unpaired) electrons. The first-order chi connectivity index (χ1) is 13.0. The van der Waals surface area contributed by atoms with Crippen LogP contribution in [0.4, 0.5) is 9.52 Å². The maximum absolute atomic E-state index is 13.6. The third kappa shape index (κ3) is 4.62. The van der Waals surface area contributed by atoms with Crippen molar-refractivity contribution in [1.29, 1.82) is 0 Å². The number of anilines is 1. The number of aryl methyl sites for hydroxylation is 1. The summed E-state index contributed by atoms with van der Waals surface area (Å²) in [5, 5.41) is 4.86. The van der Waals surface area contributed by atoms with Crippen molar-refractivity contribution >= 4 is 22.4 Å². The highest BCUT2D eigenvalue weighted by atomic mass is 32.1. The molecular formula is C20H19FN2O3S. The minimum Gasteiger partial charge on any atom is -0.496 e. The molecule has 1 unspecified atom stereocenters. The van der Waals surface area contributed by atoms with E-state index in [-0.39, 0.29) is 11.7 Å². The third-order valence-corrected chi connectivity index (χ3v) is 4.63. The molecule has 140 valence electrons. The summed E-state index contributed by atoms with van der Waals surface area (Å²) in [5.41, 5.74) is 2.17. The van der Waals surface area contributed by atoms with E-state index in [9.17, 15) is 9.18 Å². The van der Waals surface area contributed by atoms with Crippen molar-refractivity contribution in [3.8, 4) is 22.8 Å². The van der Waals surface area contributed by atoms with Crippen LogP contribution in [0.2, 0.25) is 0 Å². The van der Waals surface area contributed by atoms with Crippen molar-refractivity contribution in [3.63, 3.8) is 0 Å². The number of thiazole rings is 1. The van der Waals surface area contributed by atoms with Crippen LogP contribution in [-0.2, 0) is 4.79 Å². The molecule has 1 N–H and O–H groups in total. The van der Waals surface area contributed by atoms with Crippen LogP contribution < -0.4 is 14.8 Å². The van der Waals surface area contributed by atoms with Crippen LogP contribution in [0.25, 0.3) is 11.3 Å². The smallest absolute Gasteiger partial charge is 0.266 e. The lowest BCUT2D eigenvalue weighted by Crippen LogP contribution is -2.30. The van der Waals surface area contributed by atoms with E-state index in [1.165, 1.54) is 30.6 Å². The summed E-state index contributed by atoms with van der Waals surface area (Å²) < 4.78 is 24.4. The molecule has 0 aliphatic carbocycles. The Morgan fingerprint density at radius 2 is 1.96 bits per heavy atom. The van der Waals surface area contributed by atoms with Crippen molar-refractivity contribution < 1.29 is 18.7 Å². The average molecular weight is 386 g/mol. The molecule has 5 nitrogen and oxygen atoms in total. The van der Waals surface area contributed by atoms with Crippen LogP contribution in [0.15, 0.2) is 47.8 Å². The molecule has 1 amide bonds. The van der Waals surface area contributed by atoms with E-state index >= 15 is 0 Å². The second-order valence-corrected chi connectivity index (χ2v) is 6.80. The van der Waals surface area contributed by atoms with Gasteiger partial charge in [-0.15, -0.1) is 11.3 Å². The van der Waals surface area contributed by atoms with E-state index in [1.54, 1.807) is 18.4 Å². The zero-order valence-corrected chi connectivity index (χ0v) is 16.0. The maximum atomic E-state index is 13.6. The maximum Gasteiger partial charge on any atom is 0.266 e. The fourth-order valence-corrected chi connectivity index (χ4v) is 3.13. The lowest BCUT2D eigenvalue weighted by Gasteiger charge is -2.13. The van der Waals surface area contributed by atoms with Gasteiger partial charge in [-0.25, -0.2) is 9.37 Å². The van der Waals surface area contributed by atoms with Gasteiger partial charge in [0.15, 0.2) is 11.2 Å². The first-order valence-electron chi connectivity index (χ1n) is 8.30. The number of aromatic nitrogens is 1. The number of ether oxygens (including phenoxy) is 2. The summed E-state index contributed by atoms with van der Waals surface area (Å²) in [5.74, 6) is 0.426. The molecule has 3 aromatic rings. The highest BCUT2D eigenvalue weighted by Crippen LogP contribution is 2.32. The number of nitrogens with zero attached hydrogens (tertiary/aromatic N) is 1. The molecule has 1 atom stereocenters. The van der Waals surface area contributed by atoms with E-state index in [2.05, 4.69) is 10.3 Å². The number of amides is 1. The summed E-state index contributed by atoms with van der Waals surface area (Å²) in [6.45, 7) is 3.65. The summed E-state index contributed by atoms with van der Waals surface area (Å²) in [7, 11) is 1.51. The minimum atomic E-state index is -0.691. The van der Waals surface area contributed by atoms with Gasteiger partial charge in [0.25, 0.3) is 5.91 Å². The normalized spacial score (nSPS) is 11.7. The fraction of sp³-hybridized carbons (Fsp3) is 0.200. The minimum absolute atomic E-state index is 0.317. The molecule has 0 bridgehead atoms. The first kappa shape index (κ1) is 18.8. The van der Waals surface area contributed by atoms with Gasteiger partial charge >= 0.3 is 0 Å². The molecule has 0 fully saturated rings. The zero-order chi connectivity index (χ0) is 19.4. The highest BCUT2D eigenvalue weighted by molar-refractivity contribution is 7.14. The average Bonchev–Trinajstić information content (AvgIpc) is 3.11. The number of rotatable bonds is 6. The topological polar surface area (TPSA) is 60.5 Å². The molecule has 1 aromatic heterocycles. The Labute approximate surface area is 160 Å². The number of carbonyl (C=O) groups excluding carboxylic acids is 1. The van der Waals surface area contributed by atoms with E-state index in [0.29, 0.717) is 27.9 Å². The monoisotopic (exact) mass is 386 g/mol. The van der Waals surface area contributed by atoms with Crippen LogP contribution in [0.1, 0.15) is 12.5 Å². The van der Waals surface area contributed by atoms with Crippen LogP contribution >= 0.6 is 11.3 Å². The number of hydrogen-bond donors (Lipinski definition) is 1. The van der Waals surface area contributed by atoms with E-state index in [1.807, 2.05) is 31.2 Å². The van der Waals surface area contributed by atoms with Crippen LogP contribution in [-0.4, -0.2) is 24.1 Å². The Morgan fingerprint density at radius 1 is 1.22 bits per heavy atom. The van der Waals surface area contributed by atoms with Crippen LogP contribution in [0.3, 0.4) is 0 Å². The molecule has 0 spiro atoms. The van der Waals surface area contributed by atoms with Crippen LogP contribution in [0.5, 0.6) is 11.5 Å². The number of halogens is 1. The Bertz CT molecular complexity index is 941. The summed E-state index contributed by atoms with van der Waals surface area (Å²) in [4.78, 5) is 16.7. The lowest BCUT2D eigenvalue weighted by molar-refractivity contribution is -0.122. The molecule has 1 heterocycles. The Hall–Kier alpha value is -2.93. The van der Waals surface area contributed by atoms with Crippen molar-refractivity contribution in [2.45, 2.75) is 20.0 Å². The van der Waals surface area contributed by atoms with Gasteiger partial charge in [-0.05, 0) is 44.2 Å². The molecule has 7 heteroatoms. The quantitative estimate of drug-likeness (QED) is 0.669. The Balaban J connectivity index is 1.69. The van der Waals surface area contributed by atoms with Gasteiger partial charge in [-0.3, -0.25) is 10.1 Å². The molecule has 2 aromatic carbocycles. The molecule has 0 saturated heterocycles. The number of methoxy groups -OCH3 is 1. The van der Waals surface area contributed by atoms with E-state index in [4.69, 9.17) is 9.47 Å². The highest BCUT2D eigenvalue weighted by Gasteiger charge is 2.18. The molecular weight excluding hydrogens is 367 g/mol. The summed E-state index contributed by atoms with van der Waals surface area (Å²) in [6.07, 6.45) is -0.691. The zero-order valence-electron chi connectivity index (χ0n) is 15.2. The number of benzene rings is 2. The summed E-state index contributed by atoms with van der Waals surface area (Å²) in [6, 6.07) is 11.7. The second-order valence-electron chi connectivity index (χ2n) is 5.94. The van der Waals surface area contributed by atoms with Crippen molar-refractivity contribution in [2.75, 3.05) is 12.4 Å². The van der Waals surface area contributed by atoms with E-state index < -0.39 is 6.10 Å². The van der Waals surface area contributed by atoms with E-state index in [0.717, 1.165) is 5.56 Å². The number of nitrogens with one attached hydrogen (secondary N) is 1. The standard InChI is InChI=1S/C20H19FN2O3S/c1-12-4-7-15(8-5-12)26-13(2)19(24)23-20-22-17(11-27-20)16-10-14(21)6-9-18(16)25-3/h4-11,13H,1-3H3,(H,22,23,24). The number of carbonyl (C=O) groups is 1. The molecule has 3 rings (SSSR count). The predicted molar refractivity (Wildman–Crippen MR) is 104 cm³/mol. The third-order valence-electron chi connectivity index (χ3n) is 3.87. The molecule has 0 aliphatic heterocycles. The van der Waals surface area contributed by atoms with Gasteiger partial charge in [0, 0.05) is 10.9 Å². The van der Waals surface area contributed by atoms with Gasteiger partial charge < -0.3 is 9.47 Å². The van der Waals surface area contributed by atoms with Gasteiger partial charge in [-0.1, -0.05) is 17.7 Å². The van der Waals surface area contributed by atoms with Crippen molar-refractivity contribution in [1.82, 2.24) is 4.98 Å². The van der Waals surface area contributed by atoms with Crippen molar-refractivity contribution in [3.05, 3.63) is 59.2 Å². The number of hydrogen-bond acceptors (Lipinski definition) is 5. The predicted octanol–water partition coefficient (Wildman–Crippen LogP) is 4.67. The molecule has 0 aliphatic rings. The Kier molecular flexibility index (Phi) is 5.71. The second kappa shape index (κ2) is 8.18. The lowest BCUT2D eigenvalue weighted by atomic mass is 10.1. The molecule has 0 saturated carbocycles. The molecule has 27 heavy (non-hydrogen) atoms. The SMILES string of the molecule is COc1ccc(F)cc1-c1csc(NC(=O)C(C)Oc2ccc(C)cc2)n1. The van der Waals surface area contributed by atoms with Gasteiger partial charge in [0.1, 0.15) is 17.3 Å². The van der Waals surface area contributed by atoms with Gasteiger partial charge in [0.2, 0.25) is 0 Å². The van der Waals surface area contributed by atoms with Crippen LogP contribution in [0, 0.1) is 12.7 Å². The van der Waals surface area contributed by atoms with Gasteiger partial charge in [-0.2, -0.15) is 0 Å². The Morgan fingerprint density at radius 3 is 2.67 bits per heavy atom. The largest absolute Gasteiger partial charge is 0.496 e. The van der Waals surface area contributed by atoms with Gasteiger partial charge in [0.05, 0.1) is 12.8 Å².